The molecule has 0 aromatic heterocycles. The molecule has 1 unspecified atom stereocenters. The number of carboxylic acid groups (broad SMARTS) is 5. The van der Waals surface area contributed by atoms with E-state index < -0.39 is 42.5 Å². The van der Waals surface area contributed by atoms with E-state index in [0.717, 1.165) is 0 Å². The molecule has 20 heavy (non-hydrogen) atoms. The van der Waals surface area contributed by atoms with Crippen molar-refractivity contribution < 1.29 is 84.9 Å². The van der Waals surface area contributed by atoms with Crippen LogP contribution in [0.2, 0.25) is 0 Å². The molecule has 0 rings (SSSR count). The predicted molar refractivity (Wildman–Crippen MR) is 52.1 cm³/mol. The van der Waals surface area contributed by atoms with Crippen LogP contribution in [-0.2, 0) is 14.4 Å². The van der Waals surface area contributed by atoms with Crippen molar-refractivity contribution in [3.05, 3.63) is 0 Å². The minimum absolute atomic E-state index is 0. The van der Waals surface area contributed by atoms with Gasteiger partial charge in [-0.1, -0.05) is 0 Å². The van der Waals surface area contributed by atoms with Crippen LogP contribution in [0.1, 0.15) is 12.8 Å². The zero-order chi connectivity index (χ0) is 14.2. The number of carboxylic acids is 3. The number of aliphatic hydroxyl groups is 1. The Kier molecular flexibility index (Phi) is 21.8. The van der Waals surface area contributed by atoms with Gasteiger partial charge in [0.25, 0.3) is 0 Å². The maximum absolute atomic E-state index is 10.3. The molecule has 13 heteroatoms. The average molecular weight is 311 g/mol. The second kappa shape index (κ2) is 14.0. The first-order valence-corrected chi connectivity index (χ1v) is 3.78. The van der Waals surface area contributed by atoms with Crippen LogP contribution in [0.4, 0.5) is 4.79 Å². The van der Waals surface area contributed by atoms with Gasteiger partial charge in [-0.15, -0.1) is 0 Å². The third-order valence-electron chi connectivity index (χ3n) is 1.28. The zero-order valence-electron chi connectivity index (χ0n) is 10.7. The number of carbonyl (C=O) groups excluding carboxylic acids is 1. The maximum atomic E-state index is 10.3. The molecule has 12 nitrogen and oxygen atoms in total. The molecule has 0 aromatic rings. The van der Waals surface area contributed by atoms with E-state index in [4.69, 9.17) is 30.3 Å². The van der Waals surface area contributed by atoms with Crippen molar-refractivity contribution in [2.24, 2.45) is 0 Å². The fraction of sp³-hybridized carbons (Fsp3) is 0.429. The van der Waals surface area contributed by atoms with Crippen molar-refractivity contribution >= 4 is 24.1 Å². The molecule has 0 amide bonds. The monoisotopic (exact) mass is 311 g/mol. The number of rotatable bonds is 5. The second-order valence-electron chi connectivity index (χ2n) is 2.72. The Morgan fingerprint density at radius 2 is 1.25 bits per heavy atom. The van der Waals surface area contributed by atoms with Crippen LogP contribution >= 0.6 is 0 Å². The Labute approximate surface area is 133 Å². The van der Waals surface area contributed by atoms with E-state index >= 15 is 0 Å². The molecule has 10 N–H and O–H groups in total. The van der Waals surface area contributed by atoms with Crippen LogP contribution in [0.3, 0.4) is 0 Å². The van der Waals surface area contributed by atoms with Gasteiger partial charge in [-0.25, -0.2) is 4.79 Å². The minimum Gasteiger partial charge on any atom is -0.565 e. The third kappa shape index (κ3) is 18.9. The molecule has 114 valence electrons. The Hall–Kier alpha value is -1.44. The molecular formula is C7H14NNaO11. The fourth-order valence-electron chi connectivity index (χ4n) is 0.703. The third-order valence-corrected chi connectivity index (χ3v) is 1.28. The van der Waals surface area contributed by atoms with Gasteiger partial charge in [0.1, 0.15) is 0 Å². The summed E-state index contributed by atoms with van der Waals surface area (Å²) in [7, 11) is 0. The van der Waals surface area contributed by atoms with Crippen molar-refractivity contribution in [2.75, 3.05) is 0 Å². The minimum atomic E-state index is -2.80. The van der Waals surface area contributed by atoms with E-state index in [2.05, 4.69) is 0 Å². The summed E-state index contributed by atoms with van der Waals surface area (Å²) < 4.78 is 0. The van der Waals surface area contributed by atoms with Gasteiger partial charge in [0.05, 0.1) is 6.42 Å². The summed E-state index contributed by atoms with van der Waals surface area (Å²) in [5, 5.41) is 50.8. The molecule has 0 saturated carbocycles. The van der Waals surface area contributed by atoms with Crippen molar-refractivity contribution in [3.8, 4) is 0 Å². The van der Waals surface area contributed by atoms with Crippen LogP contribution in [0.25, 0.3) is 0 Å². The first-order valence-electron chi connectivity index (χ1n) is 3.78. The van der Waals surface area contributed by atoms with Gasteiger partial charge in [0.15, 0.2) is 5.60 Å². The average Bonchev–Trinajstić information content (AvgIpc) is 1.98. The molecule has 1 atom stereocenters. The van der Waals surface area contributed by atoms with E-state index in [0.29, 0.717) is 0 Å². The number of carbonyl (C=O) groups is 4. The van der Waals surface area contributed by atoms with E-state index in [1.807, 2.05) is 0 Å². The number of aliphatic carboxylic acids is 3. The van der Waals surface area contributed by atoms with Crippen molar-refractivity contribution in [3.63, 3.8) is 0 Å². The Balaban J connectivity index is -0.0000000951. The number of quaternary nitrogens is 1. The molecule has 0 aromatic carbocycles. The Bertz CT molecular complexity index is 311. The van der Waals surface area contributed by atoms with Crippen LogP contribution in [0.5, 0.6) is 0 Å². The normalized spacial score (nSPS) is 10.7. The largest absolute Gasteiger partial charge is 1.00 e. The van der Waals surface area contributed by atoms with Gasteiger partial charge >= 0.3 is 41.5 Å². The van der Waals surface area contributed by atoms with E-state index in [-0.39, 0.29) is 41.2 Å². The maximum Gasteiger partial charge on any atom is 1.00 e. The Morgan fingerprint density at radius 3 is 1.40 bits per heavy atom. The molecular weight excluding hydrogens is 297 g/mol. The summed E-state index contributed by atoms with van der Waals surface area (Å²) in [5.41, 5.74) is -2.80. The number of hydrogen-bond acceptors (Lipinski definition) is 7. The molecule has 0 fully saturated rings. The van der Waals surface area contributed by atoms with Crippen molar-refractivity contribution in [2.45, 2.75) is 18.4 Å². The van der Waals surface area contributed by atoms with Crippen molar-refractivity contribution in [1.82, 2.24) is 6.15 Å². The van der Waals surface area contributed by atoms with Gasteiger partial charge in [-0.05, 0) is 0 Å². The van der Waals surface area contributed by atoms with E-state index in [1.165, 1.54) is 0 Å². The smallest absolute Gasteiger partial charge is 0.565 e. The molecule has 0 aliphatic heterocycles. The predicted octanol–water partition coefficient (Wildman–Crippen LogP) is -7.14. The zero-order valence-corrected chi connectivity index (χ0v) is 12.7. The molecule has 0 saturated heterocycles. The van der Waals surface area contributed by atoms with Gasteiger partial charge in [-0.2, -0.15) is 0 Å². The van der Waals surface area contributed by atoms with E-state index in [9.17, 15) is 19.5 Å². The molecule has 0 spiro atoms. The number of hydrogen-bond donors (Lipinski definition) is 5. The standard InChI is InChI=1S/C6H8O7.CH2O3.H3N.Na.H2O/c7-3(8)1-6(13,5(11)12)2-4(9)10;2-1(3)4;;;/h13H,1-2H2,(H,7,8)(H,9,10)(H,11,12);(H2,2,3,4);1H3;;1H2/q;;;+1;/p-1. The van der Waals surface area contributed by atoms with Crippen LogP contribution in [0, 0.1) is 0 Å². The first kappa shape index (κ1) is 31.1. The van der Waals surface area contributed by atoms with Gasteiger partial charge < -0.3 is 51.9 Å². The molecule has 0 heterocycles. The summed E-state index contributed by atoms with van der Waals surface area (Å²) >= 11 is 0. The Morgan fingerprint density at radius 1 is 0.950 bits per heavy atom. The SMILES string of the molecule is O.O=C([O-])CC(O)(CC(=O)O)C(=O)O.O=C([O-])O.[NH4+].[Na+]. The molecule has 0 aliphatic rings. The van der Waals surface area contributed by atoms with Gasteiger partial charge in [-0.3, -0.25) is 4.79 Å². The summed E-state index contributed by atoms with van der Waals surface area (Å²) in [6.07, 6.45) is -4.52. The topological polar surface area (TPSA) is 263 Å². The first-order chi connectivity index (χ1) is 7.51. The van der Waals surface area contributed by atoms with Crippen LogP contribution < -0.4 is 45.9 Å². The summed E-state index contributed by atoms with van der Waals surface area (Å²) in [4.78, 5) is 38.8. The quantitative estimate of drug-likeness (QED) is 0.299. The van der Waals surface area contributed by atoms with Crippen LogP contribution in [-0.4, -0.2) is 55.6 Å². The van der Waals surface area contributed by atoms with Gasteiger partial charge in [0, 0.05) is 12.4 Å². The van der Waals surface area contributed by atoms with Crippen LogP contribution in [0.15, 0.2) is 0 Å². The summed E-state index contributed by atoms with van der Waals surface area (Å²) in [5.74, 6) is -5.34. The fourth-order valence-corrected chi connectivity index (χ4v) is 0.703. The second-order valence-corrected chi connectivity index (χ2v) is 2.72. The summed E-state index contributed by atoms with van der Waals surface area (Å²) in [6, 6.07) is 0. The molecule has 0 bridgehead atoms. The van der Waals surface area contributed by atoms with E-state index in [1.54, 1.807) is 0 Å². The molecule has 0 aliphatic carbocycles. The van der Waals surface area contributed by atoms with Crippen molar-refractivity contribution in [1.29, 1.82) is 0 Å². The van der Waals surface area contributed by atoms with Gasteiger partial charge in [0.2, 0.25) is 6.16 Å². The molecule has 0 radical (unpaired) electrons. The summed E-state index contributed by atoms with van der Waals surface area (Å²) in [6.45, 7) is 0.